The maximum absolute atomic E-state index is 12.5. The fraction of sp³-hybridized carbons (Fsp3) is 0.364. The van der Waals surface area contributed by atoms with E-state index in [0.29, 0.717) is 18.7 Å². The predicted molar refractivity (Wildman–Crippen MR) is 116 cm³/mol. The van der Waals surface area contributed by atoms with Gasteiger partial charge in [-0.05, 0) is 37.1 Å². The molecule has 1 aliphatic rings. The fourth-order valence-electron chi connectivity index (χ4n) is 3.52. The molecule has 3 rings (SSSR count). The van der Waals surface area contributed by atoms with Crippen molar-refractivity contribution in [1.82, 2.24) is 9.80 Å². The lowest BCUT2D eigenvalue weighted by Gasteiger charge is -2.34. The number of carbonyl (C=O) groups is 2. The Kier molecular flexibility index (Phi) is 7.09. The van der Waals surface area contributed by atoms with Gasteiger partial charge in [-0.1, -0.05) is 35.9 Å². The van der Waals surface area contributed by atoms with E-state index in [-0.39, 0.29) is 16.4 Å². The van der Waals surface area contributed by atoms with Gasteiger partial charge in [-0.15, -0.1) is 0 Å². The van der Waals surface area contributed by atoms with Crippen LogP contribution in [0.4, 0.5) is 0 Å². The molecule has 0 unspecified atom stereocenters. The Hall–Kier alpha value is -2.75. The number of amides is 1. The van der Waals surface area contributed by atoms with E-state index in [1.165, 1.54) is 29.3 Å². The summed E-state index contributed by atoms with van der Waals surface area (Å²) in [5, 5.41) is 5.12. The van der Waals surface area contributed by atoms with Crippen molar-refractivity contribution in [3.8, 4) is 0 Å². The second kappa shape index (κ2) is 9.59. The van der Waals surface area contributed by atoms with Crippen LogP contribution in [0.5, 0.6) is 0 Å². The first-order valence-electron chi connectivity index (χ1n) is 10.00. The van der Waals surface area contributed by atoms with Gasteiger partial charge in [0.05, 0.1) is 10.5 Å². The first-order chi connectivity index (χ1) is 14.6. The molecule has 2 N–H and O–H groups in total. The van der Waals surface area contributed by atoms with Crippen molar-refractivity contribution in [2.45, 2.75) is 25.3 Å². The van der Waals surface area contributed by atoms with Gasteiger partial charge in [-0.2, -0.15) is 0 Å². The molecule has 0 bridgehead atoms. The molecule has 0 radical (unpaired) electrons. The second-order valence-electron chi connectivity index (χ2n) is 7.74. The van der Waals surface area contributed by atoms with Crippen LogP contribution >= 0.6 is 0 Å². The minimum atomic E-state index is -3.94. The van der Waals surface area contributed by atoms with Gasteiger partial charge in [0.2, 0.25) is 10.0 Å². The zero-order valence-electron chi connectivity index (χ0n) is 17.7. The zero-order chi connectivity index (χ0) is 22.6. The summed E-state index contributed by atoms with van der Waals surface area (Å²) in [6.07, 6.45) is 0. The number of ether oxygens (including phenoxy) is 1. The van der Waals surface area contributed by atoms with Crippen LogP contribution in [0.2, 0.25) is 0 Å². The van der Waals surface area contributed by atoms with Crippen LogP contribution in [0.1, 0.15) is 27.0 Å². The Morgan fingerprint density at radius 1 is 1.03 bits per heavy atom. The van der Waals surface area contributed by atoms with Gasteiger partial charge >= 0.3 is 5.97 Å². The molecule has 0 aromatic heterocycles. The van der Waals surface area contributed by atoms with Crippen molar-refractivity contribution in [1.29, 1.82) is 0 Å². The summed E-state index contributed by atoms with van der Waals surface area (Å²) in [4.78, 5) is 28.6. The Labute approximate surface area is 182 Å². The van der Waals surface area contributed by atoms with Crippen molar-refractivity contribution in [2.24, 2.45) is 5.14 Å². The largest absolute Gasteiger partial charge is 0.452 e. The number of primary sulfonamides is 1. The lowest BCUT2D eigenvalue weighted by Crippen LogP contribution is -2.49. The fourth-order valence-corrected chi connectivity index (χ4v) is 4.06. The Bertz CT molecular complexity index is 1080. The number of aryl methyl sites for hydroxylation is 2. The molecule has 0 spiro atoms. The summed E-state index contributed by atoms with van der Waals surface area (Å²) >= 11 is 0. The van der Waals surface area contributed by atoms with Crippen LogP contribution in [0.3, 0.4) is 0 Å². The lowest BCUT2D eigenvalue weighted by atomic mass is 10.1. The summed E-state index contributed by atoms with van der Waals surface area (Å²) < 4.78 is 28.2. The monoisotopic (exact) mass is 445 g/mol. The standard InChI is InChI=1S/C22H27N3O5S/c1-16-4-3-5-18(12-16)14-24-8-10-25(11-9-24)21(26)15-30-22(27)20-13-19(31(23,28)29)7-6-17(20)2/h3-7,12-13H,8-11,14-15H2,1-2H3,(H2,23,28,29). The predicted octanol–water partition coefficient (Wildman–Crippen LogP) is 1.45. The molecule has 0 aliphatic carbocycles. The maximum atomic E-state index is 12.5. The highest BCUT2D eigenvalue weighted by Gasteiger charge is 2.23. The first kappa shape index (κ1) is 22.9. The molecule has 1 heterocycles. The summed E-state index contributed by atoms with van der Waals surface area (Å²) in [5.41, 5.74) is 3.07. The number of rotatable bonds is 6. The van der Waals surface area contributed by atoms with E-state index in [2.05, 4.69) is 30.0 Å². The van der Waals surface area contributed by atoms with E-state index in [0.717, 1.165) is 19.6 Å². The highest BCUT2D eigenvalue weighted by molar-refractivity contribution is 7.89. The number of esters is 1. The van der Waals surface area contributed by atoms with Crippen LogP contribution in [-0.2, 0) is 26.1 Å². The van der Waals surface area contributed by atoms with E-state index in [1.807, 2.05) is 6.07 Å². The minimum absolute atomic E-state index is 0.0716. The molecule has 0 saturated carbocycles. The van der Waals surface area contributed by atoms with Gasteiger partial charge in [0.25, 0.3) is 5.91 Å². The molecular weight excluding hydrogens is 418 g/mol. The average Bonchev–Trinajstić information content (AvgIpc) is 2.72. The van der Waals surface area contributed by atoms with Crippen LogP contribution < -0.4 is 5.14 Å². The molecule has 2 aromatic carbocycles. The van der Waals surface area contributed by atoms with Gasteiger partial charge in [0.1, 0.15) is 0 Å². The number of carbonyl (C=O) groups excluding carboxylic acids is 2. The number of piperazine rings is 1. The summed E-state index contributed by atoms with van der Waals surface area (Å²) in [5.74, 6) is -1.03. The molecule has 1 fully saturated rings. The third kappa shape index (κ3) is 6.13. The van der Waals surface area contributed by atoms with Crippen molar-refractivity contribution in [2.75, 3.05) is 32.8 Å². The third-order valence-corrected chi connectivity index (χ3v) is 6.21. The molecule has 8 nitrogen and oxygen atoms in total. The van der Waals surface area contributed by atoms with Crippen molar-refractivity contribution in [3.63, 3.8) is 0 Å². The summed E-state index contributed by atoms with van der Waals surface area (Å²) in [6, 6.07) is 12.3. The smallest absolute Gasteiger partial charge is 0.338 e. The van der Waals surface area contributed by atoms with Crippen LogP contribution in [0, 0.1) is 13.8 Å². The molecule has 2 aromatic rings. The lowest BCUT2D eigenvalue weighted by molar-refractivity contribution is -0.136. The molecular formula is C22H27N3O5S. The van der Waals surface area contributed by atoms with E-state index in [9.17, 15) is 18.0 Å². The highest BCUT2D eigenvalue weighted by Crippen LogP contribution is 2.16. The Morgan fingerprint density at radius 2 is 1.74 bits per heavy atom. The number of benzene rings is 2. The normalized spacial score (nSPS) is 15.0. The van der Waals surface area contributed by atoms with Gasteiger partial charge in [-0.25, -0.2) is 18.4 Å². The molecule has 9 heteroatoms. The van der Waals surface area contributed by atoms with E-state index < -0.39 is 22.6 Å². The van der Waals surface area contributed by atoms with E-state index in [4.69, 9.17) is 9.88 Å². The average molecular weight is 446 g/mol. The summed E-state index contributed by atoms with van der Waals surface area (Å²) in [6.45, 7) is 6.75. The highest BCUT2D eigenvalue weighted by atomic mass is 32.2. The molecule has 0 atom stereocenters. The number of hydrogen-bond donors (Lipinski definition) is 1. The van der Waals surface area contributed by atoms with Crippen LogP contribution in [0.25, 0.3) is 0 Å². The SMILES string of the molecule is Cc1cccc(CN2CCN(C(=O)COC(=O)c3cc(S(N)(=O)=O)ccc3C)CC2)c1. The van der Waals surface area contributed by atoms with Crippen LogP contribution in [-0.4, -0.2) is 62.9 Å². The Morgan fingerprint density at radius 3 is 2.39 bits per heavy atom. The van der Waals surface area contributed by atoms with Gasteiger partial charge < -0.3 is 9.64 Å². The third-order valence-electron chi connectivity index (χ3n) is 5.30. The molecule has 1 saturated heterocycles. The zero-order valence-corrected chi connectivity index (χ0v) is 18.5. The number of nitrogens with two attached hydrogens (primary N) is 1. The first-order valence-corrected chi connectivity index (χ1v) is 11.5. The van der Waals surface area contributed by atoms with E-state index >= 15 is 0 Å². The Balaban J connectivity index is 1.51. The van der Waals surface area contributed by atoms with Crippen molar-refractivity contribution in [3.05, 3.63) is 64.7 Å². The molecule has 1 aliphatic heterocycles. The van der Waals surface area contributed by atoms with Gasteiger partial charge in [-0.3, -0.25) is 9.69 Å². The van der Waals surface area contributed by atoms with E-state index in [1.54, 1.807) is 11.8 Å². The quantitative estimate of drug-likeness (QED) is 0.674. The number of sulfonamides is 1. The maximum Gasteiger partial charge on any atom is 0.338 e. The summed E-state index contributed by atoms with van der Waals surface area (Å²) in [7, 11) is -3.94. The minimum Gasteiger partial charge on any atom is -0.452 e. The second-order valence-corrected chi connectivity index (χ2v) is 9.31. The van der Waals surface area contributed by atoms with Crippen LogP contribution in [0.15, 0.2) is 47.4 Å². The molecule has 1 amide bonds. The van der Waals surface area contributed by atoms with Gasteiger partial charge in [0.15, 0.2) is 6.61 Å². The number of hydrogen-bond acceptors (Lipinski definition) is 6. The topological polar surface area (TPSA) is 110 Å². The van der Waals surface area contributed by atoms with Gasteiger partial charge in [0, 0.05) is 32.7 Å². The molecule has 31 heavy (non-hydrogen) atoms. The van der Waals surface area contributed by atoms with Crippen molar-refractivity contribution < 1.29 is 22.7 Å². The molecule has 166 valence electrons. The number of nitrogens with zero attached hydrogens (tertiary/aromatic N) is 2. The van der Waals surface area contributed by atoms with Crippen molar-refractivity contribution >= 4 is 21.9 Å².